The Bertz CT molecular complexity index is 1350. The third-order valence-corrected chi connectivity index (χ3v) is 8.85. The average molecular weight is 551 g/mol. The number of rotatable bonds is 6. The molecule has 1 aromatic heterocycles. The van der Waals surface area contributed by atoms with E-state index in [1.165, 1.54) is 24.3 Å². The number of amides is 1. The van der Waals surface area contributed by atoms with Crippen molar-refractivity contribution in [3.8, 4) is 11.4 Å². The van der Waals surface area contributed by atoms with Gasteiger partial charge >= 0.3 is 12.4 Å². The van der Waals surface area contributed by atoms with Crippen LogP contribution in [0.3, 0.4) is 0 Å². The van der Waals surface area contributed by atoms with E-state index < -0.39 is 35.3 Å². The third kappa shape index (κ3) is 4.91. The summed E-state index contributed by atoms with van der Waals surface area (Å²) in [6.07, 6.45) is -4.15. The van der Waals surface area contributed by atoms with E-state index in [0.29, 0.717) is 17.8 Å². The number of aromatic nitrogens is 3. The van der Waals surface area contributed by atoms with E-state index in [2.05, 4.69) is 10.2 Å². The van der Waals surface area contributed by atoms with Crippen LogP contribution in [-0.4, -0.2) is 20.7 Å². The number of hydrogen-bond acceptors (Lipinski definition) is 3. The molecule has 3 fully saturated rings. The summed E-state index contributed by atoms with van der Waals surface area (Å²) < 4.78 is 81.5. The number of halogens is 6. The Morgan fingerprint density at radius 2 is 1.49 bits per heavy atom. The van der Waals surface area contributed by atoms with Crippen LogP contribution in [-0.2, 0) is 29.6 Å². The Labute approximate surface area is 221 Å². The number of carbonyl (C=O) groups excluding carboxylic acids is 1. The van der Waals surface area contributed by atoms with E-state index in [4.69, 9.17) is 5.73 Å². The molecule has 3 aliphatic rings. The highest BCUT2D eigenvalue weighted by molar-refractivity contribution is 5.82. The Kier molecular flexibility index (Phi) is 6.54. The van der Waals surface area contributed by atoms with E-state index in [1.807, 2.05) is 0 Å². The zero-order valence-corrected chi connectivity index (χ0v) is 21.2. The number of benzene rings is 2. The van der Waals surface area contributed by atoms with Gasteiger partial charge in [-0.1, -0.05) is 30.3 Å². The molecular weight excluding hydrogens is 522 g/mol. The van der Waals surface area contributed by atoms with Crippen LogP contribution in [0.2, 0.25) is 0 Å². The quantitative estimate of drug-likeness (QED) is 0.344. The van der Waals surface area contributed by atoms with E-state index in [9.17, 15) is 31.1 Å². The number of carbonyl (C=O) groups is 1. The summed E-state index contributed by atoms with van der Waals surface area (Å²) >= 11 is 0. The van der Waals surface area contributed by atoms with Crippen LogP contribution in [0.4, 0.5) is 26.3 Å². The summed E-state index contributed by atoms with van der Waals surface area (Å²) in [6, 6.07) is 9.90. The SMILES string of the molecule is Cn1c(-c2ccccc2C(F)(F)F)nnc1C12CCC(CC(C(N)=O)c3ccc(C(F)(F)F)cc3)(CC1)CC2. The molecule has 2 aromatic carbocycles. The molecule has 3 saturated carbocycles. The molecule has 5 nitrogen and oxygen atoms in total. The standard InChI is InChI=1S/C28H28F6N4O/c1-38-23(19-4-2-3-5-21(19)28(32,33)34)36-37-24(38)26-13-10-25(11-14-26,12-15-26)16-20(22(35)39)17-6-8-18(9-7-17)27(29,30)31/h2-9,20H,10-16H2,1H3,(H2,35,39). The van der Waals surface area contributed by atoms with Gasteiger partial charge in [-0.3, -0.25) is 4.79 Å². The van der Waals surface area contributed by atoms with Gasteiger partial charge in [0.1, 0.15) is 5.82 Å². The molecule has 11 heteroatoms. The number of primary amides is 1. The fourth-order valence-corrected chi connectivity index (χ4v) is 6.58. The van der Waals surface area contributed by atoms with Crippen LogP contribution < -0.4 is 5.73 Å². The first kappa shape index (κ1) is 27.2. The van der Waals surface area contributed by atoms with Crippen molar-refractivity contribution in [1.29, 1.82) is 0 Å². The molecule has 0 aliphatic heterocycles. The molecule has 2 bridgehead atoms. The number of nitrogens with zero attached hydrogens (tertiary/aromatic N) is 3. The summed E-state index contributed by atoms with van der Waals surface area (Å²) in [5.74, 6) is -0.478. The van der Waals surface area contributed by atoms with Crippen LogP contribution in [0, 0.1) is 5.41 Å². The zero-order chi connectivity index (χ0) is 28.2. The van der Waals surface area contributed by atoms with Gasteiger partial charge < -0.3 is 10.3 Å². The number of alkyl halides is 6. The molecule has 6 rings (SSSR count). The van der Waals surface area contributed by atoms with Gasteiger partial charge in [0.05, 0.1) is 17.0 Å². The molecule has 0 saturated heterocycles. The first-order valence-electron chi connectivity index (χ1n) is 12.8. The summed E-state index contributed by atoms with van der Waals surface area (Å²) in [6.45, 7) is 0. The number of hydrogen-bond donors (Lipinski definition) is 1. The van der Waals surface area contributed by atoms with Crippen molar-refractivity contribution in [2.75, 3.05) is 0 Å². The van der Waals surface area contributed by atoms with Crippen LogP contribution in [0.5, 0.6) is 0 Å². The Morgan fingerprint density at radius 1 is 0.897 bits per heavy atom. The van der Waals surface area contributed by atoms with E-state index in [-0.39, 0.29) is 22.2 Å². The summed E-state index contributed by atoms with van der Waals surface area (Å²) in [7, 11) is 1.69. The van der Waals surface area contributed by atoms with Crippen molar-refractivity contribution < 1.29 is 31.1 Å². The van der Waals surface area contributed by atoms with E-state index >= 15 is 0 Å². The maximum absolute atomic E-state index is 13.6. The fraction of sp³-hybridized carbons (Fsp3) is 0.464. The minimum absolute atomic E-state index is 0.0237. The maximum atomic E-state index is 13.6. The van der Waals surface area contributed by atoms with Crippen LogP contribution >= 0.6 is 0 Å². The van der Waals surface area contributed by atoms with E-state index in [1.54, 1.807) is 17.7 Å². The van der Waals surface area contributed by atoms with E-state index in [0.717, 1.165) is 56.7 Å². The molecule has 1 heterocycles. The highest BCUT2D eigenvalue weighted by Crippen LogP contribution is 2.60. The normalized spacial score (nSPS) is 24.1. The topological polar surface area (TPSA) is 73.8 Å². The zero-order valence-electron chi connectivity index (χ0n) is 21.2. The minimum Gasteiger partial charge on any atom is -0.369 e. The lowest BCUT2D eigenvalue weighted by Crippen LogP contribution is -2.46. The van der Waals surface area contributed by atoms with Gasteiger partial charge in [-0.2, -0.15) is 26.3 Å². The molecule has 3 aliphatic carbocycles. The second kappa shape index (κ2) is 9.38. The highest BCUT2D eigenvalue weighted by atomic mass is 19.4. The van der Waals surface area contributed by atoms with Crippen molar-refractivity contribution in [2.45, 2.75) is 68.6 Å². The third-order valence-electron chi connectivity index (χ3n) is 8.85. The van der Waals surface area contributed by atoms with Crippen molar-refractivity contribution >= 4 is 5.91 Å². The lowest BCUT2D eigenvalue weighted by atomic mass is 9.51. The summed E-state index contributed by atoms with van der Waals surface area (Å²) in [5, 5.41) is 8.54. The number of nitrogens with two attached hydrogens (primary N) is 1. The van der Waals surface area contributed by atoms with Gasteiger partial charge in [-0.15, -0.1) is 10.2 Å². The molecule has 1 amide bonds. The van der Waals surface area contributed by atoms with Crippen LogP contribution in [0.25, 0.3) is 11.4 Å². The molecule has 39 heavy (non-hydrogen) atoms. The van der Waals surface area contributed by atoms with Crippen molar-refractivity contribution in [3.63, 3.8) is 0 Å². The fourth-order valence-electron chi connectivity index (χ4n) is 6.58. The van der Waals surface area contributed by atoms with Gasteiger partial charge in [-0.05, 0) is 74.1 Å². The lowest BCUT2D eigenvalue weighted by Gasteiger charge is -2.53. The monoisotopic (exact) mass is 550 g/mol. The lowest BCUT2D eigenvalue weighted by molar-refractivity contribution is -0.138. The molecule has 208 valence electrons. The van der Waals surface area contributed by atoms with Gasteiger partial charge in [0, 0.05) is 18.0 Å². The van der Waals surface area contributed by atoms with Crippen molar-refractivity contribution in [3.05, 3.63) is 71.0 Å². The predicted octanol–water partition coefficient (Wildman–Crippen LogP) is 6.77. The molecule has 0 spiro atoms. The molecule has 0 radical (unpaired) electrons. The average Bonchev–Trinajstić information content (AvgIpc) is 3.29. The largest absolute Gasteiger partial charge is 0.417 e. The second-order valence-corrected chi connectivity index (χ2v) is 11.0. The Balaban J connectivity index is 1.36. The van der Waals surface area contributed by atoms with Gasteiger partial charge in [0.2, 0.25) is 5.91 Å². The summed E-state index contributed by atoms with van der Waals surface area (Å²) in [4.78, 5) is 12.4. The summed E-state index contributed by atoms with van der Waals surface area (Å²) in [5.41, 5.74) is 4.06. The predicted molar refractivity (Wildman–Crippen MR) is 131 cm³/mol. The molecule has 2 N–H and O–H groups in total. The van der Waals surface area contributed by atoms with Gasteiger partial charge in [-0.25, -0.2) is 0 Å². The Morgan fingerprint density at radius 3 is 2.03 bits per heavy atom. The number of fused-ring (bicyclic) bond motifs is 3. The molecule has 3 aromatic rings. The first-order valence-corrected chi connectivity index (χ1v) is 12.8. The maximum Gasteiger partial charge on any atom is 0.417 e. The van der Waals surface area contributed by atoms with Crippen LogP contribution in [0.15, 0.2) is 48.5 Å². The van der Waals surface area contributed by atoms with Crippen molar-refractivity contribution in [2.24, 2.45) is 18.2 Å². The van der Waals surface area contributed by atoms with Gasteiger partial charge in [0.15, 0.2) is 5.82 Å². The van der Waals surface area contributed by atoms with Crippen LogP contribution in [0.1, 0.15) is 73.4 Å². The second-order valence-electron chi connectivity index (χ2n) is 11.0. The highest BCUT2D eigenvalue weighted by Gasteiger charge is 2.52. The molecule has 1 unspecified atom stereocenters. The molecule has 1 atom stereocenters. The minimum atomic E-state index is -4.53. The smallest absolute Gasteiger partial charge is 0.369 e. The Hall–Kier alpha value is -3.37. The van der Waals surface area contributed by atoms with Crippen molar-refractivity contribution in [1.82, 2.24) is 14.8 Å². The first-order chi connectivity index (χ1) is 18.2. The molecular formula is C28H28F6N4O. The van der Waals surface area contributed by atoms with Gasteiger partial charge in [0.25, 0.3) is 0 Å².